The van der Waals surface area contributed by atoms with Gasteiger partial charge in [0.1, 0.15) is 13.2 Å². The van der Waals surface area contributed by atoms with Gasteiger partial charge in [0.2, 0.25) is 0 Å². The SMILES string of the molecule is CCS(=O)(=O)O.CCS(=O)(=O)O.OCC#CC#CCO. The molecule has 20 heavy (non-hydrogen) atoms. The molecular weight excluding hydrogens is 312 g/mol. The molecule has 0 radical (unpaired) electrons. The molecule has 0 amide bonds. The molecule has 0 aliphatic heterocycles. The monoisotopic (exact) mass is 330 g/mol. The lowest BCUT2D eigenvalue weighted by Gasteiger charge is -1.79. The van der Waals surface area contributed by atoms with Crippen molar-refractivity contribution in [1.29, 1.82) is 0 Å². The third-order valence-electron chi connectivity index (χ3n) is 1.13. The molecule has 0 aromatic heterocycles. The van der Waals surface area contributed by atoms with Crippen LogP contribution in [-0.4, -0.2) is 60.9 Å². The maximum atomic E-state index is 9.56. The molecule has 0 saturated carbocycles. The Morgan fingerprint density at radius 2 is 0.950 bits per heavy atom. The van der Waals surface area contributed by atoms with Crippen LogP contribution in [0.1, 0.15) is 13.8 Å². The van der Waals surface area contributed by atoms with Gasteiger partial charge in [0, 0.05) is 0 Å². The fourth-order valence-corrected chi connectivity index (χ4v) is 0.167. The van der Waals surface area contributed by atoms with Crippen LogP contribution in [0.5, 0.6) is 0 Å². The van der Waals surface area contributed by atoms with Crippen molar-refractivity contribution in [2.75, 3.05) is 24.7 Å². The molecule has 0 unspecified atom stereocenters. The molecule has 0 aromatic rings. The molecule has 8 nitrogen and oxygen atoms in total. The molecule has 4 N–H and O–H groups in total. The molecule has 0 heterocycles. The standard InChI is InChI=1S/C6H6O2.2C2H6O3S/c7-5-3-1-2-4-6-8;2*1-2-6(3,4)5/h7-8H,5-6H2;2*2H2,1H3,(H,3,4,5). The van der Waals surface area contributed by atoms with E-state index < -0.39 is 20.2 Å². The van der Waals surface area contributed by atoms with Crippen LogP contribution in [0.25, 0.3) is 0 Å². The molecule has 0 rings (SSSR count). The van der Waals surface area contributed by atoms with Crippen molar-refractivity contribution in [3.05, 3.63) is 0 Å². The first-order chi connectivity index (χ1) is 9.04. The van der Waals surface area contributed by atoms with E-state index in [1.807, 2.05) is 0 Å². The highest BCUT2D eigenvalue weighted by atomic mass is 32.2. The van der Waals surface area contributed by atoms with Crippen molar-refractivity contribution in [3.63, 3.8) is 0 Å². The summed E-state index contributed by atoms with van der Waals surface area (Å²) in [6, 6.07) is 0. The number of aliphatic hydroxyl groups is 2. The van der Waals surface area contributed by atoms with E-state index in [-0.39, 0.29) is 24.7 Å². The Morgan fingerprint density at radius 3 is 1.05 bits per heavy atom. The van der Waals surface area contributed by atoms with Crippen LogP contribution in [0, 0.1) is 23.7 Å². The molecule has 0 aliphatic rings. The summed E-state index contributed by atoms with van der Waals surface area (Å²) in [5.74, 6) is 8.83. The number of aliphatic hydroxyl groups excluding tert-OH is 2. The zero-order valence-corrected chi connectivity index (χ0v) is 12.7. The minimum Gasteiger partial charge on any atom is -0.384 e. The predicted molar refractivity (Wildman–Crippen MR) is 73.9 cm³/mol. The van der Waals surface area contributed by atoms with E-state index >= 15 is 0 Å². The van der Waals surface area contributed by atoms with E-state index in [0.717, 1.165) is 0 Å². The Hall–Kier alpha value is -1.14. The van der Waals surface area contributed by atoms with E-state index in [1.54, 1.807) is 0 Å². The van der Waals surface area contributed by atoms with Crippen LogP contribution in [0.4, 0.5) is 0 Å². The number of hydrogen-bond acceptors (Lipinski definition) is 6. The topological polar surface area (TPSA) is 149 Å². The van der Waals surface area contributed by atoms with Gasteiger partial charge in [0.15, 0.2) is 0 Å². The minimum atomic E-state index is -3.66. The Balaban J connectivity index is -0.000000221. The summed E-state index contributed by atoms with van der Waals surface area (Å²) in [7, 11) is -7.32. The van der Waals surface area contributed by atoms with Crippen molar-refractivity contribution < 1.29 is 36.2 Å². The lowest BCUT2D eigenvalue weighted by Crippen LogP contribution is -1.97. The summed E-state index contributed by atoms with van der Waals surface area (Å²) in [4.78, 5) is 0. The summed E-state index contributed by atoms with van der Waals surface area (Å²) in [5.41, 5.74) is 0. The maximum absolute atomic E-state index is 9.56. The first kappa shape index (κ1) is 23.9. The highest BCUT2D eigenvalue weighted by Crippen LogP contribution is 1.74. The molecule has 0 bridgehead atoms. The summed E-state index contributed by atoms with van der Waals surface area (Å²) in [5, 5.41) is 16.1. The largest absolute Gasteiger partial charge is 0.384 e. The van der Waals surface area contributed by atoms with E-state index in [2.05, 4.69) is 23.7 Å². The molecule has 0 aromatic carbocycles. The van der Waals surface area contributed by atoms with Gasteiger partial charge in [-0.1, -0.05) is 11.8 Å². The van der Waals surface area contributed by atoms with Gasteiger partial charge in [0.25, 0.3) is 20.2 Å². The molecule has 0 fully saturated rings. The van der Waals surface area contributed by atoms with Gasteiger partial charge in [0.05, 0.1) is 11.5 Å². The first-order valence-corrected chi connectivity index (χ1v) is 8.33. The molecule has 0 aliphatic carbocycles. The molecule has 0 saturated heterocycles. The summed E-state index contributed by atoms with van der Waals surface area (Å²) in [6.45, 7) is 2.38. The Kier molecular flexibility index (Phi) is 17.1. The van der Waals surface area contributed by atoms with Gasteiger partial charge in [-0.05, 0) is 25.7 Å². The van der Waals surface area contributed by atoms with Gasteiger partial charge < -0.3 is 10.2 Å². The average Bonchev–Trinajstić information content (AvgIpc) is 2.35. The lowest BCUT2D eigenvalue weighted by atomic mass is 10.5. The summed E-state index contributed by atoms with van der Waals surface area (Å²) >= 11 is 0. The normalized spacial score (nSPS) is 9.30. The second-order valence-electron chi connectivity index (χ2n) is 2.66. The number of rotatable bonds is 2. The first-order valence-electron chi connectivity index (χ1n) is 5.11. The number of hydrogen-bond donors (Lipinski definition) is 4. The highest BCUT2D eigenvalue weighted by molar-refractivity contribution is 7.85. The maximum Gasteiger partial charge on any atom is 0.264 e. The van der Waals surface area contributed by atoms with E-state index in [4.69, 9.17) is 19.3 Å². The van der Waals surface area contributed by atoms with E-state index in [0.29, 0.717) is 0 Å². The average molecular weight is 330 g/mol. The van der Waals surface area contributed by atoms with Crippen molar-refractivity contribution in [2.24, 2.45) is 0 Å². The third-order valence-corrected chi connectivity index (χ3v) is 2.59. The van der Waals surface area contributed by atoms with Crippen LogP contribution in [0.3, 0.4) is 0 Å². The lowest BCUT2D eigenvalue weighted by molar-refractivity contribution is 0.350. The van der Waals surface area contributed by atoms with Gasteiger partial charge >= 0.3 is 0 Å². The van der Waals surface area contributed by atoms with Crippen LogP contribution >= 0.6 is 0 Å². The Morgan fingerprint density at radius 1 is 0.750 bits per heavy atom. The van der Waals surface area contributed by atoms with Gasteiger partial charge in [-0.15, -0.1) is 0 Å². The summed E-state index contributed by atoms with van der Waals surface area (Å²) in [6.07, 6.45) is 0. The second kappa shape index (κ2) is 14.3. The van der Waals surface area contributed by atoms with Crippen molar-refractivity contribution >= 4 is 20.2 Å². The molecule has 0 spiro atoms. The fraction of sp³-hybridized carbons (Fsp3) is 0.600. The predicted octanol–water partition coefficient (Wildman–Crippen LogP) is -1.23. The quantitative estimate of drug-likeness (QED) is 0.363. The molecular formula is C10H18O8S2. The Labute approximate surface area is 119 Å². The summed E-state index contributed by atoms with van der Waals surface area (Å²) < 4.78 is 53.8. The van der Waals surface area contributed by atoms with Crippen LogP contribution in [0.15, 0.2) is 0 Å². The minimum absolute atomic E-state index is 0.180. The van der Waals surface area contributed by atoms with E-state index in [9.17, 15) is 16.8 Å². The van der Waals surface area contributed by atoms with E-state index in [1.165, 1.54) is 13.8 Å². The molecule has 0 atom stereocenters. The second-order valence-corrected chi connectivity index (χ2v) is 6.14. The zero-order valence-electron chi connectivity index (χ0n) is 11.1. The molecule has 10 heteroatoms. The molecule has 118 valence electrons. The van der Waals surface area contributed by atoms with Crippen molar-refractivity contribution in [2.45, 2.75) is 13.8 Å². The van der Waals surface area contributed by atoms with Crippen LogP contribution < -0.4 is 0 Å². The fourth-order valence-electron chi connectivity index (χ4n) is 0.167. The van der Waals surface area contributed by atoms with Gasteiger partial charge in [-0.2, -0.15) is 16.8 Å². The highest BCUT2D eigenvalue weighted by Gasteiger charge is 1.93. The van der Waals surface area contributed by atoms with Crippen LogP contribution in [-0.2, 0) is 20.2 Å². The van der Waals surface area contributed by atoms with Gasteiger partial charge in [-0.25, -0.2) is 0 Å². The van der Waals surface area contributed by atoms with Gasteiger partial charge in [-0.3, -0.25) is 9.11 Å². The van der Waals surface area contributed by atoms with Crippen molar-refractivity contribution in [3.8, 4) is 23.7 Å². The Bertz CT molecular complexity index is 488. The smallest absolute Gasteiger partial charge is 0.264 e. The third kappa shape index (κ3) is 43.6. The zero-order chi connectivity index (χ0) is 16.7. The van der Waals surface area contributed by atoms with Crippen LogP contribution in [0.2, 0.25) is 0 Å². The van der Waals surface area contributed by atoms with Crippen molar-refractivity contribution in [1.82, 2.24) is 0 Å².